The first-order valence-corrected chi connectivity index (χ1v) is 4.15. The van der Waals surface area contributed by atoms with Crippen molar-refractivity contribution >= 4 is 32.7 Å². The average Bonchev–Trinajstić information content (AvgIpc) is 2.08. The van der Waals surface area contributed by atoms with E-state index in [1.807, 2.05) is 0 Å². The summed E-state index contributed by atoms with van der Waals surface area (Å²) < 4.78 is 13.0. The SMILES string of the molecule is ON=C(Cl)c1ccc(F)c(Br)c1. The summed E-state index contributed by atoms with van der Waals surface area (Å²) in [5.41, 5.74) is 0.451. The molecule has 0 aliphatic carbocycles. The maximum Gasteiger partial charge on any atom is 0.175 e. The number of hydrogen-bond donors (Lipinski definition) is 1. The lowest BCUT2D eigenvalue weighted by molar-refractivity contribution is 0.321. The molecule has 0 saturated carbocycles. The lowest BCUT2D eigenvalue weighted by Gasteiger charge is -1.97. The van der Waals surface area contributed by atoms with Gasteiger partial charge in [-0.05, 0) is 34.1 Å². The second kappa shape index (κ2) is 3.87. The van der Waals surface area contributed by atoms with Crippen LogP contribution in [0.25, 0.3) is 0 Å². The van der Waals surface area contributed by atoms with E-state index in [9.17, 15) is 4.39 Å². The van der Waals surface area contributed by atoms with Crippen molar-refractivity contribution in [2.75, 3.05) is 0 Å². The second-order valence-electron chi connectivity index (χ2n) is 2.02. The molecule has 0 amide bonds. The maximum atomic E-state index is 12.7. The van der Waals surface area contributed by atoms with Gasteiger partial charge in [0.25, 0.3) is 0 Å². The van der Waals surface area contributed by atoms with Crippen molar-refractivity contribution in [3.05, 3.63) is 34.1 Å². The van der Waals surface area contributed by atoms with Crippen molar-refractivity contribution in [3.8, 4) is 0 Å². The van der Waals surface area contributed by atoms with E-state index in [0.29, 0.717) is 5.56 Å². The molecule has 0 aliphatic heterocycles. The van der Waals surface area contributed by atoms with Crippen LogP contribution in [0.5, 0.6) is 0 Å². The van der Waals surface area contributed by atoms with Crippen LogP contribution >= 0.6 is 27.5 Å². The Morgan fingerprint density at radius 1 is 1.58 bits per heavy atom. The van der Waals surface area contributed by atoms with Crippen molar-refractivity contribution in [2.45, 2.75) is 0 Å². The van der Waals surface area contributed by atoms with E-state index in [-0.39, 0.29) is 15.5 Å². The summed E-state index contributed by atoms with van der Waals surface area (Å²) in [6.45, 7) is 0. The number of oxime groups is 1. The van der Waals surface area contributed by atoms with E-state index in [1.165, 1.54) is 18.2 Å². The Morgan fingerprint density at radius 3 is 2.75 bits per heavy atom. The summed E-state index contributed by atoms with van der Waals surface area (Å²) in [4.78, 5) is 0. The topological polar surface area (TPSA) is 32.6 Å². The van der Waals surface area contributed by atoms with E-state index in [4.69, 9.17) is 16.8 Å². The van der Waals surface area contributed by atoms with E-state index in [1.54, 1.807) is 0 Å². The first-order valence-electron chi connectivity index (χ1n) is 2.98. The summed E-state index contributed by atoms with van der Waals surface area (Å²) in [6.07, 6.45) is 0. The first-order chi connectivity index (χ1) is 5.65. The van der Waals surface area contributed by atoms with Crippen LogP contribution < -0.4 is 0 Å². The zero-order valence-corrected chi connectivity index (χ0v) is 8.10. The summed E-state index contributed by atoms with van der Waals surface area (Å²) >= 11 is 8.44. The largest absolute Gasteiger partial charge is 0.410 e. The second-order valence-corrected chi connectivity index (χ2v) is 3.23. The number of rotatable bonds is 1. The number of halogens is 3. The van der Waals surface area contributed by atoms with Gasteiger partial charge in [-0.25, -0.2) is 4.39 Å². The van der Waals surface area contributed by atoms with Crippen LogP contribution in [0.1, 0.15) is 5.56 Å². The molecule has 0 atom stereocenters. The molecule has 1 N–H and O–H groups in total. The van der Waals surface area contributed by atoms with Crippen molar-refractivity contribution in [1.82, 2.24) is 0 Å². The Labute approximate surface area is 81.8 Å². The van der Waals surface area contributed by atoms with Crippen LogP contribution in [0.15, 0.2) is 27.8 Å². The Balaban J connectivity index is 3.13. The van der Waals surface area contributed by atoms with Crippen molar-refractivity contribution < 1.29 is 9.60 Å². The third-order valence-corrected chi connectivity index (χ3v) is 2.15. The molecule has 5 heteroatoms. The Bertz CT molecular complexity index is 329. The van der Waals surface area contributed by atoms with Gasteiger partial charge in [-0.1, -0.05) is 16.8 Å². The molecule has 12 heavy (non-hydrogen) atoms. The molecule has 1 aromatic rings. The number of nitrogens with zero attached hydrogens (tertiary/aromatic N) is 1. The van der Waals surface area contributed by atoms with E-state index < -0.39 is 0 Å². The molecular weight excluding hydrogens is 248 g/mol. The zero-order chi connectivity index (χ0) is 9.14. The standard InChI is InChI=1S/C7H4BrClFNO/c8-5-3-4(7(9)11-12)1-2-6(5)10/h1-3,12H. The first kappa shape index (κ1) is 9.48. The van der Waals surface area contributed by atoms with Crippen LogP contribution in [0.4, 0.5) is 4.39 Å². The van der Waals surface area contributed by atoms with Crippen LogP contribution in [0.3, 0.4) is 0 Å². The third-order valence-electron chi connectivity index (χ3n) is 1.25. The van der Waals surface area contributed by atoms with Gasteiger partial charge in [0.1, 0.15) is 5.82 Å². The highest BCUT2D eigenvalue weighted by Crippen LogP contribution is 2.18. The minimum absolute atomic E-state index is 0.0734. The smallest absolute Gasteiger partial charge is 0.175 e. The highest BCUT2D eigenvalue weighted by atomic mass is 79.9. The Kier molecular flexibility index (Phi) is 3.05. The van der Waals surface area contributed by atoms with Gasteiger partial charge in [0.05, 0.1) is 4.47 Å². The van der Waals surface area contributed by atoms with Gasteiger partial charge < -0.3 is 5.21 Å². The molecule has 0 radical (unpaired) electrons. The third kappa shape index (κ3) is 1.95. The van der Waals surface area contributed by atoms with Crippen LogP contribution in [0.2, 0.25) is 0 Å². The van der Waals surface area contributed by atoms with E-state index in [0.717, 1.165) is 0 Å². The maximum absolute atomic E-state index is 12.7. The fourth-order valence-electron chi connectivity index (χ4n) is 0.682. The average molecular weight is 252 g/mol. The summed E-state index contributed by atoms with van der Waals surface area (Å²) in [6, 6.07) is 4.08. The Morgan fingerprint density at radius 2 is 2.25 bits per heavy atom. The number of benzene rings is 1. The fraction of sp³-hybridized carbons (Fsp3) is 0. The minimum Gasteiger partial charge on any atom is -0.410 e. The molecule has 0 bridgehead atoms. The molecule has 0 fully saturated rings. The molecule has 0 aliphatic rings. The lowest BCUT2D eigenvalue weighted by Crippen LogP contribution is -1.91. The van der Waals surface area contributed by atoms with Gasteiger partial charge in [0, 0.05) is 5.56 Å². The molecule has 64 valence electrons. The zero-order valence-electron chi connectivity index (χ0n) is 5.76. The van der Waals surface area contributed by atoms with E-state index in [2.05, 4.69) is 21.1 Å². The molecule has 1 rings (SSSR count). The molecule has 0 saturated heterocycles. The van der Waals surface area contributed by atoms with Crippen molar-refractivity contribution in [2.24, 2.45) is 5.16 Å². The molecular formula is C7H4BrClFNO. The van der Waals surface area contributed by atoms with Gasteiger partial charge >= 0.3 is 0 Å². The normalized spacial score (nSPS) is 11.8. The highest BCUT2D eigenvalue weighted by molar-refractivity contribution is 9.10. The molecule has 2 nitrogen and oxygen atoms in total. The van der Waals surface area contributed by atoms with Crippen molar-refractivity contribution in [1.29, 1.82) is 0 Å². The molecule has 1 aromatic carbocycles. The molecule has 0 aromatic heterocycles. The summed E-state index contributed by atoms with van der Waals surface area (Å²) in [7, 11) is 0. The molecule has 0 spiro atoms. The monoisotopic (exact) mass is 251 g/mol. The summed E-state index contributed by atoms with van der Waals surface area (Å²) in [5, 5.41) is 11.0. The molecule has 0 unspecified atom stereocenters. The van der Waals surface area contributed by atoms with Crippen LogP contribution in [0, 0.1) is 5.82 Å². The van der Waals surface area contributed by atoms with E-state index >= 15 is 0 Å². The van der Waals surface area contributed by atoms with Crippen LogP contribution in [-0.2, 0) is 0 Å². The lowest BCUT2D eigenvalue weighted by atomic mass is 10.2. The summed E-state index contributed by atoms with van der Waals surface area (Å²) in [5.74, 6) is -0.388. The number of hydrogen-bond acceptors (Lipinski definition) is 2. The fourth-order valence-corrected chi connectivity index (χ4v) is 1.18. The van der Waals surface area contributed by atoms with Gasteiger partial charge in [-0.3, -0.25) is 0 Å². The minimum atomic E-state index is -0.388. The highest BCUT2D eigenvalue weighted by Gasteiger charge is 2.04. The van der Waals surface area contributed by atoms with Gasteiger partial charge in [0.15, 0.2) is 5.17 Å². The predicted octanol–water partition coefficient (Wildman–Crippen LogP) is 2.96. The van der Waals surface area contributed by atoms with Gasteiger partial charge in [-0.2, -0.15) is 0 Å². The van der Waals surface area contributed by atoms with Crippen LogP contribution in [-0.4, -0.2) is 10.4 Å². The van der Waals surface area contributed by atoms with Gasteiger partial charge in [0.2, 0.25) is 0 Å². The molecule has 0 heterocycles. The van der Waals surface area contributed by atoms with Crippen molar-refractivity contribution in [3.63, 3.8) is 0 Å². The Hall–Kier alpha value is -0.610. The quantitative estimate of drug-likeness (QED) is 0.465. The van der Waals surface area contributed by atoms with Gasteiger partial charge in [-0.15, -0.1) is 0 Å². The predicted molar refractivity (Wildman–Crippen MR) is 48.3 cm³/mol.